The molecule has 4 nitrogen and oxygen atoms in total. The molecule has 0 aliphatic heterocycles. The van der Waals surface area contributed by atoms with Crippen LogP contribution in [-0.2, 0) is 6.42 Å². The van der Waals surface area contributed by atoms with Gasteiger partial charge in [0, 0.05) is 37.7 Å². The van der Waals surface area contributed by atoms with Crippen molar-refractivity contribution >= 4 is 17.6 Å². The van der Waals surface area contributed by atoms with Gasteiger partial charge in [0.05, 0.1) is 0 Å². The second-order valence-corrected chi connectivity index (χ2v) is 6.03. The summed E-state index contributed by atoms with van der Waals surface area (Å²) < 4.78 is 0. The van der Waals surface area contributed by atoms with E-state index in [-0.39, 0.29) is 0 Å². The summed E-state index contributed by atoms with van der Waals surface area (Å²) in [4.78, 5) is 6.80. The highest BCUT2D eigenvalue weighted by atomic mass is 35.5. The molecule has 0 spiro atoms. The van der Waals surface area contributed by atoms with Gasteiger partial charge in [-0.15, -0.1) is 0 Å². The van der Waals surface area contributed by atoms with E-state index in [0.717, 1.165) is 55.2 Å². The normalized spacial score (nSPS) is 15.2. The zero-order valence-corrected chi connectivity index (χ0v) is 14.4. The summed E-state index contributed by atoms with van der Waals surface area (Å²) in [6.45, 7) is 6.19. The molecule has 1 aromatic rings. The molecule has 122 valence electrons. The summed E-state index contributed by atoms with van der Waals surface area (Å²) in [7, 11) is 1.81. The predicted octanol–water partition coefficient (Wildman–Crippen LogP) is 2.53. The van der Waals surface area contributed by atoms with Crippen molar-refractivity contribution < 1.29 is 0 Å². The van der Waals surface area contributed by atoms with E-state index < -0.39 is 0 Å². The minimum Gasteiger partial charge on any atom is -0.356 e. The van der Waals surface area contributed by atoms with Crippen LogP contribution in [0, 0.1) is 0 Å². The third kappa shape index (κ3) is 5.50. The molecule has 1 saturated carbocycles. The monoisotopic (exact) mass is 322 g/mol. The molecule has 2 N–H and O–H groups in total. The van der Waals surface area contributed by atoms with Crippen molar-refractivity contribution in [2.75, 3.05) is 33.2 Å². The molecule has 1 fully saturated rings. The maximum atomic E-state index is 6.16. The molecule has 0 bridgehead atoms. The number of aliphatic imine (C=N–C) groups is 1. The van der Waals surface area contributed by atoms with Crippen molar-refractivity contribution in [3.63, 3.8) is 0 Å². The Morgan fingerprint density at radius 3 is 2.64 bits per heavy atom. The number of likely N-dealkylation sites (N-methyl/N-ethyl adjacent to an activating group) is 1. The molecule has 0 atom stereocenters. The summed E-state index contributed by atoms with van der Waals surface area (Å²) in [5.41, 5.74) is 1.16. The fourth-order valence-corrected chi connectivity index (χ4v) is 2.82. The highest BCUT2D eigenvalue weighted by Gasteiger charge is 2.27. The predicted molar refractivity (Wildman–Crippen MR) is 94.8 cm³/mol. The van der Waals surface area contributed by atoms with Gasteiger partial charge in [0.2, 0.25) is 0 Å². The van der Waals surface area contributed by atoms with Gasteiger partial charge >= 0.3 is 0 Å². The first kappa shape index (κ1) is 17.1. The van der Waals surface area contributed by atoms with E-state index in [2.05, 4.69) is 33.5 Å². The van der Waals surface area contributed by atoms with E-state index in [0.29, 0.717) is 0 Å². The molecule has 0 heterocycles. The van der Waals surface area contributed by atoms with E-state index in [1.807, 2.05) is 25.2 Å². The Bertz CT molecular complexity index is 485. The molecule has 1 aliphatic rings. The number of hydrogen-bond acceptors (Lipinski definition) is 2. The Labute approximate surface area is 138 Å². The number of guanidine groups is 1. The fraction of sp³-hybridized carbons (Fsp3) is 0.588. The first-order valence-electron chi connectivity index (χ1n) is 8.16. The third-order valence-electron chi connectivity index (χ3n) is 4.03. The molecular formula is C17H27ClN4. The minimum atomic E-state index is 0.821. The van der Waals surface area contributed by atoms with Gasteiger partial charge in [0.25, 0.3) is 0 Å². The van der Waals surface area contributed by atoms with Crippen LogP contribution in [-0.4, -0.2) is 50.1 Å². The van der Waals surface area contributed by atoms with Crippen LogP contribution >= 0.6 is 11.6 Å². The summed E-state index contributed by atoms with van der Waals surface area (Å²) >= 11 is 6.16. The van der Waals surface area contributed by atoms with Gasteiger partial charge in [-0.2, -0.15) is 0 Å². The van der Waals surface area contributed by atoms with Gasteiger partial charge in [0.1, 0.15) is 0 Å². The average molecular weight is 323 g/mol. The van der Waals surface area contributed by atoms with Crippen molar-refractivity contribution in [2.24, 2.45) is 4.99 Å². The summed E-state index contributed by atoms with van der Waals surface area (Å²) in [5.74, 6) is 0.860. The Morgan fingerprint density at radius 1 is 1.27 bits per heavy atom. The number of nitrogens with one attached hydrogen (secondary N) is 2. The number of rotatable bonds is 8. The molecule has 0 radical (unpaired) electrons. The Hall–Kier alpha value is -1.26. The standard InChI is InChI=1S/C17H27ClN4/c1-3-22(15-8-9-15)13-12-21-17(19-2)20-11-10-14-6-4-5-7-16(14)18/h4-7,15H,3,8-13H2,1-2H3,(H2,19,20,21). The summed E-state index contributed by atoms with van der Waals surface area (Å²) in [6, 6.07) is 8.79. The number of halogens is 1. The summed E-state index contributed by atoms with van der Waals surface area (Å²) in [6.07, 6.45) is 3.61. The van der Waals surface area contributed by atoms with Gasteiger partial charge in [-0.05, 0) is 37.4 Å². The largest absolute Gasteiger partial charge is 0.356 e. The molecule has 0 saturated heterocycles. The maximum absolute atomic E-state index is 6.16. The highest BCUT2D eigenvalue weighted by molar-refractivity contribution is 6.31. The molecule has 5 heteroatoms. The third-order valence-corrected chi connectivity index (χ3v) is 4.40. The smallest absolute Gasteiger partial charge is 0.191 e. The maximum Gasteiger partial charge on any atom is 0.191 e. The summed E-state index contributed by atoms with van der Waals surface area (Å²) in [5, 5.41) is 7.55. The Morgan fingerprint density at radius 2 is 2.00 bits per heavy atom. The van der Waals surface area contributed by atoms with Gasteiger partial charge in [-0.3, -0.25) is 9.89 Å². The molecule has 0 aromatic heterocycles. The molecule has 1 aromatic carbocycles. The van der Waals surface area contributed by atoms with Crippen molar-refractivity contribution in [3.05, 3.63) is 34.9 Å². The van der Waals surface area contributed by atoms with Crippen LogP contribution in [0.2, 0.25) is 5.02 Å². The Kier molecular flexibility index (Phi) is 7.00. The first-order chi connectivity index (χ1) is 10.7. The second-order valence-electron chi connectivity index (χ2n) is 5.63. The molecule has 2 rings (SSSR count). The van der Waals surface area contributed by atoms with Gasteiger partial charge in [0.15, 0.2) is 5.96 Å². The molecular weight excluding hydrogens is 296 g/mol. The van der Waals surface area contributed by atoms with Crippen LogP contribution in [0.25, 0.3) is 0 Å². The lowest BCUT2D eigenvalue weighted by molar-refractivity contribution is 0.282. The molecule has 0 amide bonds. The Balaban J connectivity index is 1.65. The minimum absolute atomic E-state index is 0.821. The van der Waals surface area contributed by atoms with E-state index in [1.54, 1.807) is 0 Å². The SMILES string of the molecule is CCN(CCNC(=NC)NCCc1ccccc1Cl)C1CC1. The van der Waals surface area contributed by atoms with Gasteiger partial charge < -0.3 is 10.6 Å². The zero-order chi connectivity index (χ0) is 15.8. The lowest BCUT2D eigenvalue weighted by Crippen LogP contribution is -2.42. The van der Waals surface area contributed by atoms with E-state index in [9.17, 15) is 0 Å². The number of benzene rings is 1. The lowest BCUT2D eigenvalue weighted by Gasteiger charge is -2.20. The van der Waals surface area contributed by atoms with Crippen molar-refractivity contribution in [1.29, 1.82) is 0 Å². The lowest BCUT2D eigenvalue weighted by atomic mass is 10.1. The first-order valence-corrected chi connectivity index (χ1v) is 8.54. The number of nitrogens with zero attached hydrogens (tertiary/aromatic N) is 2. The molecule has 0 unspecified atom stereocenters. The van der Waals surface area contributed by atoms with Gasteiger partial charge in [-0.1, -0.05) is 36.7 Å². The number of hydrogen-bond donors (Lipinski definition) is 2. The van der Waals surface area contributed by atoms with Gasteiger partial charge in [-0.25, -0.2) is 0 Å². The topological polar surface area (TPSA) is 39.7 Å². The zero-order valence-electron chi connectivity index (χ0n) is 13.6. The van der Waals surface area contributed by atoms with Crippen LogP contribution in [0.4, 0.5) is 0 Å². The second kappa shape index (κ2) is 9.01. The van der Waals surface area contributed by atoms with E-state index >= 15 is 0 Å². The molecule has 22 heavy (non-hydrogen) atoms. The van der Waals surface area contributed by atoms with E-state index in [4.69, 9.17) is 11.6 Å². The van der Waals surface area contributed by atoms with Crippen LogP contribution in [0.5, 0.6) is 0 Å². The van der Waals surface area contributed by atoms with Crippen molar-refractivity contribution in [2.45, 2.75) is 32.2 Å². The van der Waals surface area contributed by atoms with Crippen LogP contribution in [0.1, 0.15) is 25.3 Å². The van der Waals surface area contributed by atoms with Crippen molar-refractivity contribution in [1.82, 2.24) is 15.5 Å². The fourth-order valence-electron chi connectivity index (χ4n) is 2.59. The van der Waals surface area contributed by atoms with Crippen LogP contribution in [0.3, 0.4) is 0 Å². The van der Waals surface area contributed by atoms with Crippen molar-refractivity contribution in [3.8, 4) is 0 Å². The van der Waals surface area contributed by atoms with Crippen LogP contribution in [0.15, 0.2) is 29.3 Å². The van der Waals surface area contributed by atoms with Crippen LogP contribution < -0.4 is 10.6 Å². The molecule has 1 aliphatic carbocycles. The van der Waals surface area contributed by atoms with E-state index in [1.165, 1.54) is 12.8 Å². The average Bonchev–Trinajstić information content (AvgIpc) is 3.36. The highest BCUT2D eigenvalue weighted by Crippen LogP contribution is 2.25. The quantitative estimate of drug-likeness (QED) is 0.571.